The normalized spacial score (nSPS) is 19.9. The van der Waals surface area contributed by atoms with E-state index in [0.29, 0.717) is 29.3 Å². The van der Waals surface area contributed by atoms with Gasteiger partial charge in [-0.25, -0.2) is 0 Å². The molecule has 7 nitrogen and oxygen atoms in total. The number of hydrogen-bond acceptors (Lipinski definition) is 5. The number of nitrogens with one attached hydrogen (secondary N) is 1. The smallest absolute Gasteiger partial charge is 0.255 e. The van der Waals surface area contributed by atoms with Crippen molar-refractivity contribution in [2.24, 2.45) is 5.73 Å². The van der Waals surface area contributed by atoms with Gasteiger partial charge in [0, 0.05) is 36.8 Å². The number of carbonyl (C=O) groups is 2. The number of carbonyl (C=O) groups excluding carboxylic acids is 2. The lowest BCUT2D eigenvalue weighted by Crippen LogP contribution is -2.50. The number of fused-ring (bicyclic) bond motifs is 1. The summed E-state index contributed by atoms with van der Waals surface area (Å²) in [6.45, 7) is 2.23. The van der Waals surface area contributed by atoms with Crippen LogP contribution in [0.3, 0.4) is 0 Å². The molecule has 0 aromatic heterocycles. The molecule has 2 aromatic carbocycles. The molecule has 2 unspecified atom stereocenters. The first kappa shape index (κ1) is 20.2. The third-order valence-electron chi connectivity index (χ3n) is 5.76. The SMILES string of the molecule is CC(=O)N(Cc1cccc(NC(=O)c2ccc3c(c2)OCO3)c1)C1CCCCC1N. The summed E-state index contributed by atoms with van der Waals surface area (Å²) < 4.78 is 10.6. The van der Waals surface area contributed by atoms with E-state index in [9.17, 15) is 9.59 Å². The Hall–Kier alpha value is -3.06. The van der Waals surface area contributed by atoms with Gasteiger partial charge in [0.1, 0.15) is 0 Å². The fraction of sp³-hybridized carbons (Fsp3) is 0.391. The summed E-state index contributed by atoms with van der Waals surface area (Å²) >= 11 is 0. The molecule has 30 heavy (non-hydrogen) atoms. The van der Waals surface area contributed by atoms with Crippen molar-refractivity contribution in [1.29, 1.82) is 0 Å². The molecule has 0 bridgehead atoms. The summed E-state index contributed by atoms with van der Waals surface area (Å²) in [5.41, 5.74) is 8.41. The highest BCUT2D eigenvalue weighted by molar-refractivity contribution is 6.04. The zero-order chi connectivity index (χ0) is 21.1. The lowest BCUT2D eigenvalue weighted by Gasteiger charge is -2.38. The molecule has 1 saturated carbocycles. The molecule has 158 valence electrons. The van der Waals surface area contributed by atoms with E-state index >= 15 is 0 Å². The van der Waals surface area contributed by atoms with Gasteiger partial charge in [-0.1, -0.05) is 25.0 Å². The molecule has 0 radical (unpaired) electrons. The number of benzene rings is 2. The molecule has 1 heterocycles. The molecule has 0 spiro atoms. The molecule has 1 fully saturated rings. The minimum atomic E-state index is -0.233. The number of nitrogens with two attached hydrogens (primary N) is 1. The number of nitrogens with zero attached hydrogens (tertiary/aromatic N) is 1. The van der Waals surface area contributed by atoms with Crippen LogP contribution in [0.15, 0.2) is 42.5 Å². The maximum Gasteiger partial charge on any atom is 0.255 e. The molecule has 4 rings (SSSR count). The monoisotopic (exact) mass is 409 g/mol. The Labute approximate surface area is 176 Å². The third-order valence-corrected chi connectivity index (χ3v) is 5.76. The van der Waals surface area contributed by atoms with Crippen molar-refractivity contribution in [2.75, 3.05) is 12.1 Å². The third kappa shape index (κ3) is 4.41. The van der Waals surface area contributed by atoms with Crippen molar-refractivity contribution in [1.82, 2.24) is 4.90 Å². The summed E-state index contributed by atoms with van der Waals surface area (Å²) in [7, 11) is 0. The van der Waals surface area contributed by atoms with Crippen LogP contribution < -0.4 is 20.5 Å². The van der Waals surface area contributed by atoms with Crippen molar-refractivity contribution in [3.05, 3.63) is 53.6 Å². The van der Waals surface area contributed by atoms with E-state index in [0.717, 1.165) is 31.2 Å². The lowest BCUT2D eigenvalue weighted by molar-refractivity contribution is -0.133. The minimum Gasteiger partial charge on any atom is -0.454 e. The zero-order valence-corrected chi connectivity index (χ0v) is 17.1. The van der Waals surface area contributed by atoms with Crippen LogP contribution in [0.4, 0.5) is 5.69 Å². The van der Waals surface area contributed by atoms with Crippen LogP contribution in [0.25, 0.3) is 0 Å². The van der Waals surface area contributed by atoms with Crippen molar-refractivity contribution < 1.29 is 19.1 Å². The van der Waals surface area contributed by atoms with Crippen molar-refractivity contribution in [2.45, 2.75) is 51.2 Å². The van der Waals surface area contributed by atoms with E-state index in [-0.39, 0.29) is 30.7 Å². The number of hydrogen-bond donors (Lipinski definition) is 2. The van der Waals surface area contributed by atoms with Crippen LogP contribution in [0.5, 0.6) is 11.5 Å². The van der Waals surface area contributed by atoms with Gasteiger partial charge in [0.15, 0.2) is 11.5 Å². The molecule has 7 heteroatoms. The van der Waals surface area contributed by atoms with Gasteiger partial charge in [-0.15, -0.1) is 0 Å². The second-order valence-corrected chi connectivity index (χ2v) is 7.89. The Bertz CT molecular complexity index is 946. The van der Waals surface area contributed by atoms with Gasteiger partial charge in [-0.3, -0.25) is 9.59 Å². The zero-order valence-electron chi connectivity index (χ0n) is 17.1. The van der Waals surface area contributed by atoms with Crippen LogP contribution >= 0.6 is 0 Å². The molecule has 1 aliphatic carbocycles. The molecular weight excluding hydrogens is 382 g/mol. The van der Waals surface area contributed by atoms with Crippen LogP contribution in [0.2, 0.25) is 0 Å². The van der Waals surface area contributed by atoms with E-state index in [1.807, 2.05) is 29.2 Å². The number of anilines is 1. The maximum atomic E-state index is 12.7. The largest absolute Gasteiger partial charge is 0.454 e. The van der Waals surface area contributed by atoms with E-state index < -0.39 is 0 Å². The summed E-state index contributed by atoms with van der Waals surface area (Å²) in [5.74, 6) is 0.992. The van der Waals surface area contributed by atoms with E-state index in [1.165, 1.54) is 0 Å². The minimum absolute atomic E-state index is 0.0107. The Balaban J connectivity index is 1.46. The molecular formula is C23H27N3O4. The summed E-state index contributed by atoms with van der Waals surface area (Å²) in [6, 6.07) is 12.7. The highest BCUT2D eigenvalue weighted by Gasteiger charge is 2.29. The van der Waals surface area contributed by atoms with Gasteiger partial charge in [-0.2, -0.15) is 0 Å². The summed E-state index contributed by atoms with van der Waals surface area (Å²) in [5, 5.41) is 2.92. The first-order valence-electron chi connectivity index (χ1n) is 10.3. The van der Waals surface area contributed by atoms with Gasteiger partial charge < -0.3 is 25.4 Å². The first-order chi connectivity index (χ1) is 14.5. The molecule has 2 aromatic rings. The Morgan fingerprint density at radius 2 is 1.90 bits per heavy atom. The van der Waals surface area contributed by atoms with Crippen LogP contribution in [0, 0.1) is 0 Å². The highest BCUT2D eigenvalue weighted by Crippen LogP contribution is 2.32. The number of ether oxygens (including phenoxy) is 2. The Morgan fingerprint density at radius 1 is 1.10 bits per heavy atom. The second-order valence-electron chi connectivity index (χ2n) is 7.89. The van der Waals surface area contributed by atoms with Crippen LogP contribution in [0.1, 0.15) is 48.5 Å². The van der Waals surface area contributed by atoms with Gasteiger partial charge >= 0.3 is 0 Å². The summed E-state index contributed by atoms with van der Waals surface area (Å²) in [4.78, 5) is 26.8. The maximum absolute atomic E-state index is 12.7. The van der Waals surface area contributed by atoms with Crippen LogP contribution in [-0.4, -0.2) is 35.6 Å². The number of rotatable bonds is 5. The van der Waals surface area contributed by atoms with Crippen molar-refractivity contribution >= 4 is 17.5 Å². The predicted molar refractivity (Wildman–Crippen MR) is 113 cm³/mol. The highest BCUT2D eigenvalue weighted by atomic mass is 16.7. The fourth-order valence-corrected chi connectivity index (χ4v) is 4.17. The molecule has 2 atom stereocenters. The average molecular weight is 409 g/mol. The van der Waals surface area contributed by atoms with Crippen LogP contribution in [-0.2, 0) is 11.3 Å². The molecule has 3 N–H and O–H groups in total. The lowest BCUT2D eigenvalue weighted by atomic mass is 9.89. The summed E-state index contributed by atoms with van der Waals surface area (Å²) in [6.07, 6.45) is 4.08. The van der Waals surface area contributed by atoms with Gasteiger partial charge in [0.2, 0.25) is 12.7 Å². The van der Waals surface area contributed by atoms with E-state index in [1.54, 1.807) is 25.1 Å². The molecule has 2 amide bonds. The van der Waals surface area contributed by atoms with Crippen molar-refractivity contribution in [3.63, 3.8) is 0 Å². The molecule has 0 saturated heterocycles. The average Bonchev–Trinajstić information content (AvgIpc) is 3.20. The molecule has 1 aliphatic heterocycles. The Morgan fingerprint density at radius 3 is 2.70 bits per heavy atom. The topological polar surface area (TPSA) is 93.9 Å². The van der Waals surface area contributed by atoms with E-state index in [2.05, 4.69) is 5.32 Å². The van der Waals surface area contributed by atoms with Gasteiger partial charge in [0.25, 0.3) is 5.91 Å². The van der Waals surface area contributed by atoms with Gasteiger partial charge in [-0.05, 0) is 48.7 Å². The van der Waals surface area contributed by atoms with E-state index in [4.69, 9.17) is 15.2 Å². The standard InChI is InChI=1S/C23H27N3O4/c1-15(27)26(20-8-3-2-7-19(20)24)13-16-5-4-6-18(11-16)25-23(28)17-9-10-21-22(12-17)30-14-29-21/h4-6,9-12,19-20H,2-3,7-8,13-14,24H2,1H3,(H,25,28). The molecule has 2 aliphatic rings. The van der Waals surface area contributed by atoms with Gasteiger partial charge in [0.05, 0.1) is 0 Å². The van der Waals surface area contributed by atoms with Crippen molar-refractivity contribution in [3.8, 4) is 11.5 Å². The first-order valence-corrected chi connectivity index (χ1v) is 10.3. The number of amides is 2. The Kier molecular flexibility index (Phi) is 5.90. The quantitative estimate of drug-likeness (QED) is 0.790. The predicted octanol–water partition coefficient (Wildman–Crippen LogP) is 3.29. The second kappa shape index (κ2) is 8.75. The fourth-order valence-electron chi connectivity index (χ4n) is 4.17.